The first kappa shape index (κ1) is 18.3. The van der Waals surface area contributed by atoms with E-state index in [1.54, 1.807) is 12.1 Å². The van der Waals surface area contributed by atoms with Crippen LogP contribution in [0.4, 0.5) is 4.79 Å². The summed E-state index contributed by atoms with van der Waals surface area (Å²) in [4.78, 5) is 22.8. The fraction of sp³-hybridized carbons (Fsp3) is 0.529. The summed E-state index contributed by atoms with van der Waals surface area (Å²) in [5.41, 5.74) is 0.169. The molecule has 0 radical (unpaired) electrons. The van der Waals surface area contributed by atoms with Gasteiger partial charge in [0.1, 0.15) is 5.75 Å². The van der Waals surface area contributed by atoms with E-state index in [4.69, 9.17) is 4.74 Å². The maximum absolute atomic E-state index is 12.5. The van der Waals surface area contributed by atoms with Crippen LogP contribution in [0.15, 0.2) is 29.2 Å². The molecule has 1 aromatic rings. The maximum atomic E-state index is 12.5. The van der Waals surface area contributed by atoms with Gasteiger partial charge in [0.2, 0.25) is 0 Å². The Kier molecular flexibility index (Phi) is 5.11. The zero-order valence-electron chi connectivity index (χ0n) is 14.0. The van der Waals surface area contributed by atoms with Gasteiger partial charge in [0, 0.05) is 5.41 Å². The van der Waals surface area contributed by atoms with Crippen LogP contribution in [-0.4, -0.2) is 30.8 Å². The molecule has 8 heteroatoms. The third-order valence-electron chi connectivity index (χ3n) is 4.74. The summed E-state index contributed by atoms with van der Waals surface area (Å²) < 4.78 is 29.4. The molecule has 1 aromatic carbocycles. The van der Waals surface area contributed by atoms with E-state index in [9.17, 15) is 18.0 Å². The highest BCUT2D eigenvalue weighted by molar-refractivity contribution is 8.24. The van der Waals surface area contributed by atoms with Crippen LogP contribution >= 0.6 is 11.8 Å². The van der Waals surface area contributed by atoms with E-state index in [1.165, 1.54) is 31.4 Å². The molecule has 0 aromatic heterocycles. The number of carbonyl (C=O) groups is 2. The molecule has 2 aliphatic rings. The molecule has 1 heterocycles. The number of rotatable bonds is 5. The molecule has 0 spiro atoms. The molecule has 1 unspecified atom stereocenters. The Morgan fingerprint density at radius 3 is 2.36 bits per heavy atom. The van der Waals surface area contributed by atoms with Gasteiger partial charge in [-0.05, 0) is 48.9 Å². The summed E-state index contributed by atoms with van der Waals surface area (Å²) in [6.45, 7) is 2.83. The van der Waals surface area contributed by atoms with Crippen molar-refractivity contribution in [2.24, 2.45) is 5.41 Å². The molecule has 1 N–H and O–H groups in total. The Hall–Kier alpha value is -1.54. The minimum Gasteiger partial charge on any atom is -0.493 e. The molecule has 3 rings (SSSR count). The second-order valence-corrected chi connectivity index (χ2v) is 10.3. The zero-order valence-corrected chi connectivity index (χ0v) is 15.6. The molecule has 1 atom stereocenters. The third kappa shape index (κ3) is 4.00. The highest BCUT2D eigenvalue weighted by atomic mass is 32.3. The molecule has 25 heavy (non-hydrogen) atoms. The highest BCUT2D eigenvalue weighted by Gasteiger charge is 2.42. The van der Waals surface area contributed by atoms with Crippen LogP contribution in [0.25, 0.3) is 0 Å². The highest BCUT2D eigenvalue weighted by Crippen LogP contribution is 2.36. The van der Waals surface area contributed by atoms with Gasteiger partial charge in [-0.15, -0.1) is 0 Å². The van der Waals surface area contributed by atoms with Crippen molar-refractivity contribution in [2.75, 3.05) is 6.61 Å². The lowest BCUT2D eigenvalue weighted by molar-refractivity contribution is -0.117. The fourth-order valence-corrected chi connectivity index (χ4v) is 5.93. The van der Waals surface area contributed by atoms with Crippen molar-refractivity contribution in [3.05, 3.63) is 24.3 Å². The Morgan fingerprint density at radius 2 is 1.80 bits per heavy atom. The van der Waals surface area contributed by atoms with Crippen LogP contribution in [0.3, 0.4) is 0 Å². The first-order chi connectivity index (χ1) is 11.8. The average Bonchev–Trinajstić information content (AvgIpc) is 2.93. The van der Waals surface area contributed by atoms with E-state index in [1.807, 2.05) is 5.32 Å². The predicted octanol–water partition coefficient (Wildman–Crippen LogP) is 3.12. The zero-order chi connectivity index (χ0) is 18.1. The number of amides is 2. The molecule has 6 nitrogen and oxygen atoms in total. The number of nitrogens with one attached hydrogen (secondary N) is 1. The molecule has 1 aliphatic heterocycles. The number of thioether (sulfide) groups is 1. The fourth-order valence-electron chi connectivity index (χ4n) is 3.20. The molecular formula is C17H21NO5S2. The van der Waals surface area contributed by atoms with Crippen LogP contribution in [0, 0.1) is 5.41 Å². The minimum absolute atomic E-state index is 0.00563. The van der Waals surface area contributed by atoms with Gasteiger partial charge in [-0.2, -0.15) is 0 Å². The van der Waals surface area contributed by atoms with Gasteiger partial charge in [-0.25, -0.2) is 8.42 Å². The molecule has 2 amide bonds. The van der Waals surface area contributed by atoms with Crippen molar-refractivity contribution >= 4 is 32.7 Å². The van der Waals surface area contributed by atoms with Crippen LogP contribution < -0.4 is 10.1 Å². The van der Waals surface area contributed by atoms with Crippen LogP contribution in [0.1, 0.15) is 39.0 Å². The molecule has 1 saturated heterocycles. The maximum Gasteiger partial charge on any atom is 0.287 e. The number of sulfone groups is 1. The lowest BCUT2D eigenvalue weighted by Crippen LogP contribution is -2.30. The smallest absolute Gasteiger partial charge is 0.287 e. The number of hydrogen-bond acceptors (Lipinski definition) is 6. The number of ether oxygens (including phenoxy) is 1. The molecule has 2 fully saturated rings. The standard InChI is InChI=1S/C17H21NO5S2/c1-17(9-3-2-4-10-17)11-23-12-5-7-13(8-6-12)25(21,22)15-14(19)18-16(20)24-15/h5-8,15H,2-4,9-11H2,1H3,(H,18,19,20). The predicted molar refractivity (Wildman–Crippen MR) is 95.2 cm³/mol. The lowest BCUT2D eigenvalue weighted by Gasteiger charge is -2.33. The Bertz CT molecular complexity index is 767. The Balaban J connectivity index is 1.67. The van der Waals surface area contributed by atoms with E-state index >= 15 is 0 Å². The van der Waals surface area contributed by atoms with Gasteiger partial charge >= 0.3 is 0 Å². The molecule has 136 valence electrons. The first-order valence-corrected chi connectivity index (χ1v) is 10.7. The first-order valence-electron chi connectivity index (χ1n) is 8.28. The van der Waals surface area contributed by atoms with Gasteiger partial charge in [-0.1, -0.05) is 26.2 Å². The van der Waals surface area contributed by atoms with Crippen molar-refractivity contribution in [1.82, 2.24) is 5.32 Å². The van der Waals surface area contributed by atoms with Gasteiger partial charge in [-0.3, -0.25) is 14.9 Å². The van der Waals surface area contributed by atoms with E-state index in [2.05, 4.69) is 6.92 Å². The Labute approximate surface area is 151 Å². The topological polar surface area (TPSA) is 89.5 Å². The minimum atomic E-state index is -3.91. The largest absolute Gasteiger partial charge is 0.493 e. The summed E-state index contributed by atoms with van der Waals surface area (Å²) in [6, 6.07) is 6.03. The Morgan fingerprint density at radius 1 is 1.16 bits per heavy atom. The lowest BCUT2D eigenvalue weighted by atomic mass is 9.76. The van der Waals surface area contributed by atoms with Gasteiger partial charge in [0.15, 0.2) is 14.4 Å². The summed E-state index contributed by atoms with van der Waals surface area (Å²) in [5, 5.41) is 1.36. The van der Waals surface area contributed by atoms with Crippen LogP contribution in [0.5, 0.6) is 5.75 Å². The second kappa shape index (κ2) is 6.99. The number of imide groups is 1. The number of carbonyl (C=O) groups excluding carboxylic acids is 2. The van der Waals surface area contributed by atoms with Crippen molar-refractivity contribution in [3.63, 3.8) is 0 Å². The second-order valence-electron chi connectivity index (χ2n) is 6.90. The summed E-state index contributed by atoms with van der Waals surface area (Å²) >= 11 is 0.489. The van der Waals surface area contributed by atoms with Crippen LogP contribution in [-0.2, 0) is 14.6 Å². The quantitative estimate of drug-likeness (QED) is 0.840. The average molecular weight is 383 g/mol. The van der Waals surface area contributed by atoms with E-state index in [-0.39, 0.29) is 10.3 Å². The number of hydrogen-bond donors (Lipinski definition) is 1. The van der Waals surface area contributed by atoms with Gasteiger partial charge in [0.25, 0.3) is 11.1 Å². The van der Waals surface area contributed by atoms with E-state index in [0.717, 1.165) is 12.8 Å². The van der Waals surface area contributed by atoms with Crippen molar-refractivity contribution in [2.45, 2.75) is 48.5 Å². The molecule has 0 bridgehead atoms. The third-order valence-corrected chi connectivity index (χ3v) is 8.24. The molecular weight excluding hydrogens is 362 g/mol. The van der Waals surface area contributed by atoms with E-state index < -0.39 is 25.6 Å². The SMILES string of the molecule is CC1(COc2ccc(S(=O)(=O)C3SC(=O)NC3=O)cc2)CCCCC1. The summed E-state index contributed by atoms with van der Waals surface area (Å²) in [5.74, 6) is -0.189. The van der Waals surface area contributed by atoms with Crippen LogP contribution in [0.2, 0.25) is 0 Å². The van der Waals surface area contributed by atoms with Crippen molar-refractivity contribution in [3.8, 4) is 5.75 Å². The van der Waals surface area contributed by atoms with E-state index in [0.29, 0.717) is 24.1 Å². The van der Waals surface area contributed by atoms with Crippen molar-refractivity contribution < 1.29 is 22.7 Å². The number of benzene rings is 1. The summed E-state index contributed by atoms with van der Waals surface area (Å²) in [7, 11) is -3.91. The monoisotopic (exact) mass is 383 g/mol. The summed E-state index contributed by atoms with van der Waals surface area (Å²) in [6.07, 6.45) is 5.99. The molecule has 1 saturated carbocycles. The normalized spacial score (nSPS) is 23.3. The van der Waals surface area contributed by atoms with Crippen molar-refractivity contribution in [1.29, 1.82) is 0 Å². The van der Waals surface area contributed by atoms with Gasteiger partial charge in [0.05, 0.1) is 11.5 Å². The van der Waals surface area contributed by atoms with Gasteiger partial charge < -0.3 is 4.74 Å². The molecule has 1 aliphatic carbocycles.